The van der Waals surface area contributed by atoms with E-state index >= 15 is 0 Å². The Kier molecular flexibility index (Phi) is 6.60. The molecule has 0 fully saturated rings. The lowest BCUT2D eigenvalue weighted by atomic mass is 10.2. The van der Waals surface area contributed by atoms with Gasteiger partial charge in [0.2, 0.25) is 0 Å². The minimum Gasteiger partial charge on any atom is -0.372 e. The maximum atomic E-state index is 12.4. The standard InChI is InChI=1S/C24H28N6OS/c1-5-29(6-2)18-14-12-17(13-15-18)22-27-28-24(30(22)7-3)32-16(4)21-25-20-11-9-8-10-19(20)23(31)26-21/h8-16H,5-7H2,1-4H3,(H,25,26,31). The highest BCUT2D eigenvalue weighted by Gasteiger charge is 2.19. The SMILES string of the molecule is CCN(CC)c1ccc(-c2nnc(SC(C)c3nc4ccccc4c(=O)[nH]3)n2CC)cc1. The molecule has 166 valence electrons. The molecule has 2 aromatic heterocycles. The largest absolute Gasteiger partial charge is 0.372 e. The van der Waals surface area contributed by atoms with Crippen molar-refractivity contribution in [1.82, 2.24) is 24.7 Å². The molecule has 0 saturated carbocycles. The van der Waals surface area contributed by atoms with Crippen LogP contribution in [-0.4, -0.2) is 37.8 Å². The van der Waals surface area contributed by atoms with E-state index in [4.69, 9.17) is 0 Å². The Labute approximate surface area is 191 Å². The number of nitrogens with one attached hydrogen (secondary N) is 1. The number of fused-ring (bicyclic) bond motifs is 1. The molecule has 0 aliphatic carbocycles. The molecule has 1 atom stereocenters. The monoisotopic (exact) mass is 448 g/mol. The number of nitrogens with zero attached hydrogens (tertiary/aromatic N) is 5. The summed E-state index contributed by atoms with van der Waals surface area (Å²) in [6.07, 6.45) is 0. The van der Waals surface area contributed by atoms with E-state index in [1.54, 1.807) is 17.8 Å². The van der Waals surface area contributed by atoms with E-state index in [1.807, 2.05) is 25.1 Å². The molecular weight excluding hydrogens is 420 g/mol. The fourth-order valence-electron chi connectivity index (χ4n) is 3.80. The van der Waals surface area contributed by atoms with Gasteiger partial charge in [-0.25, -0.2) is 4.98 Å². The second-order valence-corrected chi connectivity index (χ2v) is 8.81. The van der Waals surface area contributed by atoms with E-state index in [0.717, 1.165) is 36.2 Å². The Morgan fingerprint density at radius 3 is 2.44 bits per heavy atom. The number of para-hydroxylation sites is 1. The lowest BCUT2D eigenvalue weighted by Crippen LogP contribution is -2.21. The van der Waals surface area contributed by atoms with Gasteiger partial charge in [-0.3, -0.25) is 4.79 Å². The summed E-state index contributed by atoms with van der Waals surface area (Å²) in [6.45, 7) is 11.1. The molecule has 0 bridgehead atoms. The lowest BCUT2D eigenvalue weighted by molar-refractivity contribution is 0.685. The van der Waals surface area contributed by atoms with E-state index in [1.165, 1.54) is 5.69 Å². The normalized spacial score (nSPS) is 12.2. The number of aromatic amines is 1. The lowest BCUT2D eigenvalue weighted by Gasteiger charge is -2.21. The van der Waals surface area contributed by atoms with Crippen molar-refractivity contribution >= 4 is 28.4 Å². The van der Waals surface area contributed by atoms with Crippen LogP contribution in [0.4, 0.5) is 5.69 Å². The highest BCUT2D eigenvalue weighted by atomic mass is 32.2. The van der Waals surface area contributed by atoms with Gasteiger partial charge < -0.3 is 14.5 Å². The first-order valence-corrected chi connectivity index (χ1v) is 11.9. The van der Waals surface area contributed by atoms with Crippen LogP contribution in [0.3, 0.4) is 0 Å². The maximum absolute atomic E-state index is 12.4. The van der Waals surface area contributed by atoms with Gasteiger partial charge in [0.25, 0.3) is 5.56 Å². The summed E-state index contributed by atoms with van der Waals surface area (Å²) < 4.78 is 2.10. The highest BCUT2D eigenvalue weighted by molar-refractivity contribution is 7.99. The number of thioether (sulfide) groups is 1. The van der Waals surface area contributed by atoms with Gasteiger partial charge in [0.1, 0.15) is 5.82 Å². The Bertz CT molecular complexity index is 1260. The van der Waals surface area contributed by atoms with E-state index < -0.39 is 0 Å². The van der Waals surface area contributed by atoms with Gasteiger partial charge in [0.15, 0.2) is 11.0 Å². The third-order valence-corrected chi connectivity index (χ3v) is 6.68. The minimum absolute atomic E-state index is 0.0836. The predicted molar refractivity (Wildman–Crippen MR) is 131 cm³/mol. The Morgan fingerprint density at radius 1 is 1.03 bits per heavy atom. The predicted octanol–water partition coefficient (Wildman–Crippen LogP) is 4.90. The first-order valence-electron chi connectivity index (χ1n) is 11.0. The van der Waals surface area contributed by atoms with Crippen LogP contribution >= 0.6 is 11.8 Å². The fraction of sp³-hybridized carbons (Fsp3) is 0.333. The molecule has 0 radical (unpaired) electrons. The van der Waals surface area contributed by atoms with Crippen LogP contribution in [0.25, 0.3) is 22.3 Å². The average Bonchev–Trinajstić information content (AvgIpc) is 3.22. The molecule has 4 aromatic rings. The number of rotatable bonds is 8. The number of hydrogen-bond donors (Lipinski definition) is 1. The summed E-state index contributed by atoms with van der Waals surface area (Å²) in [5.41, 5.74) is 2.82. The number of aromatic nitrogens is 5. The van der Waals surface area contributed by atoms with Crippen molar-refractivity contribution in [3.05, 3.63) is 64.7 Å². The van der Waals surface area contributed by atoms with Crippen molar-refractivity contribution in [2.75, 3.05) is 18.0 Å². The first-order chi connectivity index (χ1) is 15.5. The van der Waals surface area contributed by atoms with Crippen LogP contribution in [0.2, 0.25) is 0 Å². The van der Waals surface area contributed by atoms with E-state index in [9.17, 15) is 4.79 Å². The molecule has 2 aromatic carbocycles. The van der Waals surface area contributed by atoms with Gasteiger partial charge in [-0.15, -0.1) is 10.2 Å². The quantitative estimate of drug-likeness (QED) is 0.386. The van der Waals surface area contributed by atoms with Crippen LogP contribution in [0.5, 0.6) is 0 Å². The van der Waals surface area contributed by atoms with Gasteiger partial charge in [-0.2, -0.15) is 0 Å². The molecule has 1 unspecified atom stereocenters. The fourth-order valence-corrected chi connectivity index (χ4v) is 4.77. The average molecular weight is 449 g/mol. The zero-order valence-corrected chi connectivity index (χ0v) is 19.7. The molecule has 1 N–H and O–H groups in total. The molecule has 0 spiro atoms. The molecule has 7 nitrogen and oxygen atoms in total. The zero-order valence-electron chi connectivity index (χ0n) is 18.9. The number of anilines is 1. The van der Waals surface area contributed by atoms with Crippen LogP contribution in [0.1, 0.15) is 38.8 Å². The van der Waals surface area contributed by atoms with Gasteiger partial charge in [-0.05, 0) is 64.1 Å². The molecular formula is C24H28N6OS. The highest BCUT2D eigenvalue weighted by Crippen LogP contribution is 2.34. The summed E-state index contributed by atoms with van der Waals surface area (Å²) >= 11 is 1.54. The summed E-state index contributed by atoms with van der Waals surface area (Å²) in [4.78, 5) is 22.3. The molecule has 0 aliphatic heterocycles. The van der Waals surface area contributed by atoms with E-state index in [0.29, 0.717) is 16.7 Å². The Balaban J connectivity index is 1.60. The molecule has 0 saturated heterocycles. The zero-order chi connectivity index (χ0) is 22.7. The van der Waals surface area contributed by atoms with Crippen LogP contribution in [-0.2, 0) is 6.54 Å². The maximum Gasteiger partial charge on any atom is 0.258 e. The van der Waals surface area contributed by atoms with Gasteiger partial charge in [0.05, 0.1) is 16.2 Å². The summed E-state index contributed by atoms with van der Waals surface area (Å²) in [5, 5.41) is 10.2. The number of hydrogen-bond acceptors (Lipinski definition) is 6. The Hall–Kier alpha value is -3.13. The van der Waals surface area contributed by atoms with Crippen molar-refractivity contribution in [2.45, 2.75) is 44.6 Å². The van der Waals surface area contributed by atoms with Gasteiger partial charge in [0, 0.05) is 30.9 Å². The number of benzene rings is 2. The molecule has 4 rings (SSSR count). The van der Waals surface area contributed by atoms with E-state index in [-0.39, 0.29) is 10.8 Å². The van der Waals surface area contributed by atoms with Gasteiger partial charge >= 0.3 is 0 Å². The summed E-state index contributed by atoms with van der Waals surface area (Å²) in [6, 6.07) is 15.9. The summed E-state index contributed by atoms with van der Waals surface area (Å²) in [5.74, 6) is 1.47. The van der Waals surface area contributed by atoms with Crippen LogP contribution in [0, 0.1) is 0 Å². The van der Waals surface area contributed by atoms with Crippen molar-refractivity contribution in [2.24, 2.45) is 0 Å². The minimum atomic E-state index is -0.121. The first kappa shape index (κ1) is 22.1. The van der Waals surface area contributed by atoms with Crippen molar-refractivity contribution < 1.29 is 0 Å². The van der Waals surface area contributed by atoms with Crippen molar-refractivity contribution in [1.29, 1.82) is 0 Å². The van der Waals surface area contributed by atoms with Crippen molar-refractivity contribution in [3.8, 4) is 11.4 Å². The molecule has 0 amide bonds. The Morgan fingerprint density at radius 2 is 1.75 bits per heavy atom. The van der Waals surface area contributed by atoms with Crippen LogP contribution < -0.4 is 10.5 Å². The van der Waals surface area contributed by atoms with Gasteiger partial charge in [-0.1, -0.05) is 23.9 Å². The smallest absolute Gasteiger partial charge is 0.258 e. The third kappa shape index (κ3) is 4.27. The molecule has 2 heterocycles. The topological polar surface area (TPSA) is 79.7 Å². The van der Waals surface area contributed by atoms with Crippen LogP contribution in [0.15, 0.2) is 58.5 Å². The van der Waals surface area contributed by atoms with E-state index in [2.05, 4.69) is 74.7 Å². The summed E-state index contributed by atoms with van der Waals surface area (Å²) in [7, 11) is 0. The third-order valence-electron chi connectivity index (χ3n) is 5.59. The molecule has 8 heteroatoms. The van der Waals surface area contributed by atoms with Crippen molar-refractivity contribution in [3.63, 3.8) is 0 Å². The molecule has 32 heavy (non-hydrogen) atoms. The molecule has 0 aliphatic rings. The second-order valence-electron chi connectivity index (χ2n) is 7.50. The second kappa shape index (κ2) is 9.56. The number of H-pyrrole nitrogens is 1.